The second-order valence-corrected chi connectivity index (χ2v) is 7.85. The molecule has 1 saturated heterocycles. The van der Waals surface area contributed by atoms with Crippen LogP contribution in [0.2, 0.25) is 0 Å². The summed E-state index contributed by atoms with van der Waals surface area (Å²) in [7, 11) is 0. The van der Waals surface area contributed by atoms with Crippen LogP contribution in [0.5, 0.6) is 0 Å². The van der Waals surface area contributed by atoms with E-state index in [1.165, 1.54) is 42.5 Å². The summed E-state index contributed by atoms with van der Waals surface area (Å²) in [4.78, 5) is 42.5. The summed E-state index contributed by atoms with van der Waals surface area (Å²) in [5.41, 5.74) is 1.86. The number of nitro groups is 1. The lowest BCUT2D eigenvalue weighted by molar-refractivity contribution is -0.384. The van der Waals surface area contributed by atoms with Gasteiger partial charge in [0.25, 0.3) is 11.6 Å². The van der Waals surface area contributed by atoms with Crippen LogP contribution in [-0.2, 0) is 4.79 Å². The highest BCUT2D eigenvalue weighted by Gasteiger charge is 2.23. The zero-order valence-corrected chi connectivity index (χ0v) is 18.6. The molecule has 2 aromatic carbocycles. The fourth-order valence-electron chi connectivity index (χ4n) is 3.73. The van der Waals surface area contributed by atoms with Crippen molar-refractivity contribution in [2.24, 2.45) is 0 Å². The first-order valence-corrected chi connectivity index (χ1v) is 10.9. The number of anilines is 2. The van der Waals surface area contributed by atoms with E-state index in [-0.39, 0.29) is 11.6 Å². The maximum Gasteiger partial charge on any atom is 0.269 e. The average Bonchev–Trinajstić information content (AvgIpc) is 2.88. The minimum atomic E-state index is -0.500. The van der Waals surface area contributed by atoms with Crippen molar-refractivity contribution in [1.82, 2.24) is 9.88 Å². The maximum atomic E-state index is 14.8. The number of nitro benzene ring substituents is 1. The van der Waals surface area contributed by atoms with Crippen molar-refractivity contribution in [3.8, 4) is 0 Å². The molecule has 2 heterocycles. The normalized spacial score (nSPS) is 13.6. The highest BCUT2D eigenvalue weighted by Crippen LogP contribution is 2.24. The SMILES string of the molecule is O=C(/C=C/c1ccc([N+](=O)[O-])cc1)Nc1ccc(N2CCN(C(=O)c3ccncc3)CC2)c(F)c1. The zero-order valence-electron chi connectivity index (χ0n) is 18.6. The number of benzene rings is 2. The largest absolute Gasteiger partial charge is 0.366 e. The third kappa shape index (κ3) is 5.85. The first kappa shape index (κ1) is 23.6. The van der Waals surface area contributed by atoms with Gasteiger partial charge in [0.2, 0.25) is 5.91 Å². The Labute approximate surface area is 200 Å². The van der Waals surface area contributed by atoms with Gasteiger partial charge in [0.1, 0.15) is 5.82 Å². The van der Waals surface area contributed by atoms with Gasteiger partial charge in [-0.3, -0.25) is 24.7 Å². The van der Waals surface area contributed by atoms with Crippen LogP contribution in [0.3, 0.4) is 0 Å². The van der Waals surface area contributed by atoms with Gasteiger partial charge >= 0.3 is 0 Å². The van der Waals surface area contributed by atoms with E-state index >= 15 is 0 Å². The molecule has 0 radical (unpaired) electrons. The zero-order chi connectivity index (χ0) is 24.8. The van der Waals surface area contributed by atoms with Gasteiger partial charge in [-0.2, -0.15) is 0 Å². The lowest BCUT2D eigenvalue weighted by Gasteiger charge is -2.36. The number of carbonyl (C=O) groups excluding carboxylic acids is 2. The van der Waals surface area contributed by atoms with Crippen molar-refractivity contribution < 1.29 is 18.9 Å². The van der Waals surface area contributed by atoms with Gasteiger partial charge in [-0.05, 0) is 54.1 Å². The number of hydrogen-bond donors (Lipinski definition) is 1. The molecule has 1 aromatic heterocycles. The summed E-state index contributed by atoms with van der Waals surface area (Å²) < 4.78 is 14.8. The minimum absolute atomic E-state index is 0.0380. The molecule has 0 bridgehead atoms. The van der Waals surface area contributed by atoms with Gasteiger partial charge in [0, 0.05) is 68.0 Å². The Balaban J connectivity index is 1.32. The molecule has 9 nitrogen and oxygen atoms in total. The summed E-state index contributed by atoms with van der Waals surface area (Å²) in [5, 5.41) is 13.3. The lowest BCUT2D eigenvalue weighted by Crippen LogP contribution is -2.49. The van der Waals surface area contributed by atoms with Crippen LogP contribution in [-0.4, -0.2) is 52.8 Å². The number of aromatic nitrogens is 1. The van der Waals surface area contributed by atoms with Crippen molar-refractivity contribution in [3.05, 3.63) is 100 Å². The Kier molecular flexibility index (Phi) is 7.10. The van der Waals surface area contributed by atoms with Crippen molar-refractivity contribution in [3.63, 3.8) is 0 Å². The van der Waals surface area contributed by atoms with Crippen molar-refractivity contribution in [1.29, 1.82) is 0 Å². The monoisotopic (exact) mass is 475 g/mol. The molecule has 0 spiro atoms. The second-order valence-electron chi connectivity index (χ2n) is 7.85. The molecule has 1 N–H and O–H groups in total. The molecule has 10 heteroatoms. The van der Waals surface area contributed by atoms with Gasteiger partial charge < -0.3 is 15.1 Å². The molecular formula is C25H22FN5O4. The third-order valence-electron chi connectivity index (χ3n) is 5.58. The quantitative estimate of drug-likeness (QED) is 0.331. The highest BCUT2D eigenvalue weighted by molar-refractivity contribution is 6.02. The van der Waals surface area contributed by atoms with E-state index in [4.69, 9.17) is 0 Å². The third-order valence-corrected chi connectivity index (χ3v) is 5.58. The number of pyridine rings is 1. The van der Waals surface area contributed by atoms with E-state index in [9.17, 15) is 24.1 Å². The number of nitrogens with zero attached hydrogens (tertiary/aromatic N) is 4. The molecule has 0 saturated carbocycles. The van der Waals surface area contributed by atoms with Crippen molar-refractivity contribution in [2.75, 3.05) is 36.4 Å². The molecule has 0 aliphatic carbocycles. The first-order chi connectivity index (χ1) is 16.9. The number of nitrogens with one attached hydrogen (secondary N) is 1. The summed E-state index contributed by atoms with van der Waals surface area (Å²) in [5.74, 6) is -1.01. The summed E-state index contributed by atoms with van der Waals surface area (Å²) in [6.07, 6.45) is 5.93. The molecule has 2 amide bonds. The van der Waals surface area contributed by atoms with Crippen LogP contribution in [0.4, 0.5) is 21.5 Å². The van der Waals surface area contributed by atoms with Crippen LogP contribution < -0.4 is 10.2 Å². The highest BCUT2D eigenvalue weighted by atomic mass is 19.1. The summed E-state index contributed by atoms with van der Waals surface area (Å²) in [6.45, 7) is 1.90. The minimum Gasteiger partial charge on any atom is -0.366 e. The molecule has 0 atom stereocenters. The van der Waals surface area contributed by atoms with Gasteiger partial charge in [0.15, 0.2) is 0 Å². The molecule has 1 fully saturated rings. The number of amides is 2. The van der Waals surface area contributed by atoms with Gasteiger partial charge in [-0.25, -0.2) is 4.39 Å². The number of halogens is 1. The van der Waals surface area contributed by atoms with Crippen molar-refractivity contribution >= 4 is 35.0 Å². The second kappa shape index (κ2) is 10.6. The fourth-order valence-corrected chi connectivity index (χ4v) is 3.73. The Hall–Kier alpha value is -4.60. The number of piperazine rings is 1. The number of carbonyl (C=O) groups is 2. The van der Waals surface area contributed by atoms with Crippen molar-refractivity contribution in [2.45, 2.75) is 0 Å². The fraction of sp³-hybridized carbons (Fsp3) is 0.160. The molecule has 1 aliphatic heterocycles. The van der Waals surface area contributed by atoms with Crippen LogP contribution in [0.15, 0.2) is 73.1 Å². The first-order valence-electron chi connectivity index (χ1n) is 10.9. The van der Waals surface area contributed by atoms with E-state index in [1.807, 2.05) is 4.90 Å². The van der Waals surface area contributed by atoms with Crippen LogP contribution in [0, 0.1) is 15.9 Å². The Morgan fingerprint density at radius 2 is 1.69 bits per heavy atom. The average molecular weight is 475 g/mol. The Morgan fingerprint density at radius 3 is 2.31 bits per heavy atom. The van der Waals surface area contributed by atoms with E-state index in [0.717, 1.165) is 0 Å². The topological polar surface area (TPSA) is 109 Å². The molecule has 1 aliphatic rings. The van der Waals surface area contributed by atoms with Gasteiger partial charge in [-0.15, -0.1) is 0 Å². The van der Waals surface area contributed by atoms with Gasteiger partial charge in [-0.1, -0.05) is 0 Å². The molecule has 3 aromatic rings. The molecule has 35 heavy (non-hydrogen) atoms. The van der Waals surface area contributed by atoms with Gasteiger partial charge in [0.05, 0.1) is 10.6 Å². The predicted octanol–water partition coefficient (Wildman–Crippen LogP) is 3.74. The van der Waals surface area contributed by atoms with E-state index < -0.39 is 16.6 Å². The lowest BCUT2D eigenvalue weighted by atomic mass is 10.2. The molecule has 178 valence electrons. The van der Waals surface area contributed by atoms with Crippen LogP contribution >= 0.6 is 0 Å². The van der Waals surface area contributed by atoms with Crippen LogP contribution in [0.25, 0.3) is 6.08 Å². The molecule has 0 unspecified atom stereocenters. The molecular weight excluding hydrogens is 453 g/mol. The maximum absolute atomic E-state index is 14.8. The molecule has 4 rings (SSSR count). The summed E-state index contributed by atoms with van der Waals surface area (Å²) in [6, 6.07) is 13.6. The van der Waals surface area contributed by atoms with E-state index in [0.29, 0.717) is 48.7 Å². The Morgan fingerprint density at radius 1 is 1.00 bits per heavy atom. The Bertz CT molecular complexity index is 1260. The predicted molar refractivity (Wildman–Crippen MR) is 130 cm³/mol. The number of non-ortho nitro benzene ring substituents is 1. The van der Waals surface area contributed by atoms with Crippen LogP contribution in [0.1, 0.15) is 15.9 Å². The number of hydrogen-bond acceptors (Lipinski definition) is 6. The van der Waals surface area contributed by atoms with E-state index in [2.05, 4.69) is 10.3 Å². The smallest absolute Gasteiger partial charge is 0.269 e. The van der Waals surface area contributed by atoms with E-state index in [1.54, 1.807) is 41.6 Å². The summed E-state index contributed by atoms with van der Waals surface area (Å²) >= 11 is 0. The number of rotatable bonds is 6. The standard InChI is InChI=1S/C25H22FN5O4/c26-22-17-20(28-24(32)8-3-18-1-5-21(6-2-18)31(34)35)4-7-23(22)29-13-15-30(16-14-29)25(33)19-9-11-27-12-10-19/h1-12,17H,13-16H2,(H,28,32)/b8-3+.